The number of nitrogens with one attached hydrogen (secondary N) is 1. The summed E-state index contributed by atoms with van der Waals surface area (Å²) in [4.78, 5) is 0.0420. The first-order chi connectivity index (χ1) is 9.95. The molecule has 0 unspecified atom stereocenters. The largest absolute Gasteiger partial charge is 0.280 e. The molecule has 1 heterocycles. The van der Waals surface area contributed by atoms with Gasteiger partial charge in [-0.2, -0.15) is 0 Å². The van der Waals surface area contributed by atoms with E-state index in [2.05, 4.69) is 19.7 Å². The van der Waals surface area contributed by atoms with Crippen molar-refractivity contribution in [3.05, 3.63) is 47.5 Å². The second kappa shape index (κ2) is 4.85. The molecule has 1 aromatic heterocycles. The van der Waals surface area contributed by atoms with Crippen LogP contribution in [0.4, 0.5) is 5.69 Å². The smallest absolute Gasteiger partial charge is 0.264 e. The molecule has 0 saturated heterocycles. The molecule has 0 saturated carbocycles. The minimum absolute atomic E-state index is 0.0420. The summed E-state index contributed by atoms with van der Waals surface area (Å²) in [5.74, 6) is 0. The second-order valence-corrected chi connectivity index (χ2v) is 6.52. The number of benzene rings is 2. The molecule has 6 nitrogen and oxygen atoms in total. The van der Waals surface area contributed by atoms with Crippen LogP contribution in [-0.2, 0) is 10.0 Å². The third kappa shape index (κ3) is 2.59. The van der Waals surface area contributed by atoms with Gasteiger partial charge >= 0.3 is 0 Å². The molecular formula is C14H13N3O3S. The summed E-state index contributed by atoms with van der Waals surface area (Å²) in [6.45, 7) is 3.82. The molecule has 3 rings (SSSR count). The van der Waals surface area contributed by atoms with E-state index in [1.54, 1.807) is 24.3 Å². The Morgan fingerprint density at radius 3 is 2.48 bits per heavy atom. The molecule has 0 spiro atoms. The zero-order chi connectivity index (χ0) is 15.0. The predicted octanol–water partition coefficient (Wildman–Crippen LogP) is 2.64. The lowest BCUT2D eigenvalue weighted by Gasteiger charge is -2.09. The number of aromatic nitrogens is 2. The Bertz CT molecular complexity index is 896. The number of hydrogen-bond donors (Lipinski definition) is 1. The highest BCUT2D eigenvalue weighted by atomic mass is 32.2. The lowest BCUT2D eigenvalue weighted by molar-refractivity contribution is 0.315. The van der Waals surface area contributed by atoms with Crippen molar-refractivity contribution in [2.75, 3.05) is 4.72 Å². The monoisotopic (exact) mass is 303 g/mol. The van der Waals surface area contributed by atoms with Gasteiger partial charge in [0.15, 0.2) is 5.52 Å². The maximum atomic E-state index is 12.5. The van der Waals surface area contributed by atoms with Crippen LogP contribution in [0.3, 0.4) is 0 Å². The summed E-state index contributed by atoms with van der Waals surface area (Å²) in [5.41, 5.74) is 3.09. The topological polar surface area (TPSA) is 85.1 Å². The van der Waals surface area contributed by atoms with Gasteiger partial charge in [-0.05, 0) is 59.6 Å². The molecule has 0 fully saturated rings. The molecule has 1 N–H and O–H groups in total. The van der Waals surface area contributed by atoms with Crippen molar-refractivity contribution >= 4 is 26.7 Å². The van der Waals surface area contributed by atoms with E-state index in [-0.39, 0.29) is 10.4 Å². The molecule has 0 aliphatic rings. The van der Waals surface area contributed by atoms with Crippen LogP contribution in [0.5, 0.6) is 0 Å². The van der Waals surface area contributed by atoms with E-state index in [0.717, 1.165) is 11.1 Å². The van der Waals surface area contributed by atoms with Gasteiger partial charge in [0.25, 0.3) is 10.0 Å². The molecule has 0 bridgehead atoms. The third-order valence-corrected chi connectivity index (χ3v) is 4.43. The average Bonchev–Trinajstić information content (AvgIpc) is 2.84. The van der Waals surface area contributed by atoms with Crippen LogP contribution in [0.2, 0.25) is 0 Å². The van der Waals surface area contributed by atoms with Crippen molar-refractivity contribution in [3.8, 4) is 0 Å². The highest BCUT2D eigenvalue weighted by Crippen LogP contribution is 2.23. The van der Waals surface area contributed by atoms with Gasteiger partial charge in [-0.25, -0.2) is 13.0 Å². The summed E-state index contributed by atoms with van der Waals surface area (Å²) >= 11 is 0. The van der Waals surface area contributed by atoms with Gasteiger partial charge in [0.1, 0.15) is 10.4 Å². The van der Waals surface area contributed by atoms with Gasteiger partial charge < -0.3 is 0 Å². The van der Waals surface area contributed by atoms with E-state index in [4.69, 9.17) is 0 Å². The fraction of sp³-hybridized carbons (Fsp3) is 0.143. The first-order valence-electron chi connectivity index (χ1n) is 6.28. The van der Waals surface area contributed by atoms with Gasteiger partial charge in [0.05, 0.1) is 0 Å². The number of hydrogen-bond acceptors (Lipinski definition) is 5. The maximum absolute atomic E-state index is 12.5. The summed E-state index contributed by atoms with van der Waals surface area (Å²) in [6.07, 6.45) is 0. The molecule has 7 heteroatoms. The Labute approximate surface area is 121 Å². The number of anilines is 1. The molecule has 3 aromatic rings. The van der Waals surface area contributed by atoms with Crippen LogP contribution in [0, 0.1) is 13.8 Å². The lowest BCUT2D eigenvalue weighted by Crippen LogP contribution is -2.13. The fourth-order valence-electron chi connectivity index (χ4n) is 2.24. The summed E-state index contributed by atoms with van der Waals surface area (Å²) in [6, 6.07) is 10.2. The highest BCUT2D eigenvalue weighted by Gasteiger charge is 2.20. The molecule has 108 valence electrons. The third-order valence-electron chi connectivity index (χ3n) is 3.01. The summed E-state index contributed by atoms with van der Waals surface area (Å²) in [5, 5.41) is 7.31. The Hall–Kier alpha value is -2.41. The Kier molecular flexibility index (Phi) is 3.13. The van der Waals surface area contributed by atoms with Crippen LogP contribution in [0.1, 0.15) is 11.1 Å². The van der Waals surface area contributed by atoms with Crippen LogP contribution in [0.25, 0.3) is 11.0 Å². The first kappa shape index (κ1) is 13.6. The molecule has 0 radical (unpaired) electrons. The van der Waals surface area contributed by atoms with E-state index in [0.29, 0.717) is 11.2 Å². The number of fused-ring (bicyclic) bond motifs is 1. The van der Waals surface area contributed by atoms with E-state index in [1.807, 2.05) is 19.9 Å². The minimum Gasteiger partial charge on any atom is -0.280 e. The van der Waals surface area contributed by atoms with Gasteiger partial charge in [-0.1, -0.05) is 12.1 Å². The first-order valence-corrected chi connectivity index (χ1v) is 7.76. The Morgan fingerprint density at radius 1 is 1.05 bits per heavy atom. The summed E-state index contributed by atoms with van der Waals surface area (Å²) in [7, 11) is -3.76. The SMILES string of the molecule is Cc1cc(C)cc(NS(=O)(=O)c2cccc3nonc23)c1. The molecule has 0 aliphatic carbocycles. The van der Waals surface area contributed by atoms with E-state index >= 15 is 0 Å². The zero-order valence-corrected chi connectivity index (χ0v) is 12.3. The van der Waals surface area contributed by atoms with Crippen LogP contribution in [-0.4, -0.2) is 18.7 Å². The van der Waals surface area contributed by atoms with Crippen LogP contribution < -0.4 is 4.72 Å². The minimum atomic E-state index is -3.76. The van der Waals surface area contributed by atoms with Gasteiger partial charge in [-0.3, -0.25) is 4.72 Å². The molecule has 0 aliphatic heterocycles. The molecule has 0 amide bonds. The molecular weight excluding hydrogens is 290 g/mol. The van der Waals surface area contributed by atoms with E-state index in [9.17, 15) is 8.42 Å². The van der Waals surface area contributed by atoms with Gasteiger partial charge in [0, 0.05) is 5.69 Å². The Morgan fingerprint density at radius 2 is 1.76 bits per heavy atom. The van der Waals surface area contributed by atoms with Crippen molar-refractivity contribution < 1.29 is 13.0 Å². The summed E-state index contributed by atoms with van der Waals surface area (Å²) < 4.78 is 32.2. The quantitative estimate of drug-likeness (QED) is 0.804. The van der Waals surface area contributed by atoms with Crippen molar-refractivity contribution in [2.24, 2.45) is 0 Å². The number of rotatable bonds is 3. The number of sulfonamides is 1. The van der Waals surface area contributed by atoms with Crippen molar-refractivity contribution in [3.63, 3.8) is 0 Å². The van der Waals surface area contributed by atoms with E-state index < -0.39 is 10.0 Å². The van der Waals surface area contributed by atoms with Gasteiger partial charge in [-0.15, -0.1) is 0 Å². The second-order valence-electron chi connectivity index (χ2n) is 4.87. The van der Waals surface area contributed by atoms with Crippen molar-refractivity contribution in [1.29, 1.82) is 0 Å². The standard InChI is InChI=1S/C14H13N3O3S/c1-9-6-10(2)8-11(7-9)17-21(18,19)13-5-3-4-12-14(13)16-20-15-12/h3-8,17H,1-2H3. The van der Waals surface area contributed by atoms with Gasteiger partial charge in [0.2, 0.25) is 0 Å². The van der Waals surface area contributed by atoms with Crippen LogP contribution in [0.15, 0.2) is 45.9 Å². The average molecular weight is 303 g/mol. The lowest BCUT2D eigenvalue weighted by atomic mass is 10.1. The molecule has 0 atom stereocenters. The van der Waals surface area contributed by atoms with E-state index in [1.165, 1.54) is 6.07 Å². The molecule has 2 aromatic carbocycles. The predicted molar refractivity (Wildman–Crippen MR) is 78.5 cm³/mol. The highest BCUT2D eigenvalue weighted by molar-refractivity contribution is 7.93. The number of nitrogens with zero attached hydrogens (tertiary/aromatic N) is 2. The van der Waals surface area contributed by atoms with Crippen LogP contribution >= 0.6 is 0 Å². The maximum Gasteiger partial charge on any atom is 0.264 e. The Balaban J connectivity index is 2.06. The van der Waals surface area contributed by atoms with Crippen molar-refractivity contribution in [1.82, 2.24) is 10.3 Å². The zero-order valence-electron chi connectivity index (χ0n) is 11.5. The molecule has 21 heavy (non-hydrogen) atoms. The number of aryl methyl sites for hydroxylation is 2. The fourth-order valence-corrected chi connectivity index (χ4v) is 3.43. The normalized spacial score (nSPS) is 11.7. The van der Waals surface area contributed by atoms with Crippen molar-refractivity contribution in [2.45, 2.75) is 18.7 Å².